The monoisotopic (exact) mass is 244 g/mol. The molecule has 0 N–H and O–H groups in total. The fourth-order valence-corrected chi connectivity index (χ4v) is 1.96. The highest BCUT2D eigenvalue weighted by atomic mass is 31.0. The predicted molar refractivity (Wildman–Crippen MR) is 81.5 cm³/mol. The second-order valence-electron chi connectivity index (χ2n) is 4.11. The van der Waals surface area contributed by atoms with Gasteiger partial charge in [-0.2, -0.15) is 0 Å². The first kappa shape index (κ1) is 13.9. The zero-order chi connectivity index (χ0) is 12.5. The van der Waals surface area contributed by atoms with Gasteiger partial charge in [-0.3, -0.25) is 0 Å². The first-order chi connectivity index (χ1) is 8.26. The average Bonchev–Trinajstić information content (AvgIpc) is 2.32. The highest BCUT2D eigenvalue weighted by Gasteiger charge is 1.92. The van der Waals surface area contributed by atoms with E-state index in [1.807, 2.05) is 12.2 Å². The van der Waals surface area contributed by atoms with Gasteiger partial charge in [0.1, 0.15) is 0 Å². The molecule has 1 unspecified atom stereocenters. The van der Waals surface area contributed by atoms with E-state index >= 15 is 0 Å². The summed E-state index contributed by atoms with van der Waals surface area (Å²) in [6, 6.07) is 8.87. The van der Waals surface area contributed by atoms with E-state index in [1.165, 1.54) is 16.7 Å². The van der Waals surface area contributed by atoms with Gasteiger partial charge < -0.3 is 0 Å². The molecule has 0 bridgehead atoms. The quantitative estimate of drug-likeness (QED) is 0.516. The van der Waals surface area contributed by atoms with Crippen LogP contribution in [0, 0.1) is 0 Å². The number of hydrogen-bond acceptors (Lipinski definition) is 0. The van der Waals surface area contributed by atoms with Gasteiger partial charge >= 0.3 is 0 Å². The highest BCUT2D eigenvalue weighted by molar-refractivity contribution is 7.16. The minimum absolute atomic E-state index is 0.990. The van der Waals surface area contributed by atoms with E-state index in [-0.39, 0.29) is 0 Å². The third kappa shape index (κ3) is 5.65. The van der Waals surface area contributed by atoms with Crippen LogP contribution in [0.25, 0.3) is 0 Å². The van der Waals surface area contributed by atoms with Gasteiger partial charge in [0.15, 0.2) is 0 Å². The molecule has 0 saturated carbocycles. The summed E-state index contributed by atoms with van der Waals surface area (Å²) < 4.78 is 0. The van der Waals surface area contributed by atoms with Crippen molar-refractivity contribution in [3.63, 3.8) is 0 Å². The third-order valence-corrected chi connectivity index (χ3v) is 2.86. The van der Waals surface area contributed by atoms with E-state index in [4.69, 9.17) is 0 Å². The van der Waals surface area contributed by atoms with Crippen LogP contribution in [0.1, 0.15) is 18.1 Å². The molecule has 0 aliphatic heterocycles. The maximum absolute atomic E-state index is 3.68. The second-order valence-corrected chi connectivity index (χ2v) is 4.69. The smallest absolute Gasteiger partial charge is 0.00942 e. The molecule has 1 atom stereocenters. The normalized spacial score (nSPS) is 12.0. The van der Waals surface area contributed by atoms with Crippen molar-refractivity contribution < 1.29 is 0 Å². The summed E-state index contributed by atoms with van der Waals surface area (Å²) in [5.74, 6) is 0. The summed E-state index contributed by atoms with van der Waals surface area (Å²) in [6.45, 7) is 5.77. The number of rotatable bonds is 6. The van der Waals surface area contributed by atoms with Gasteiger partial charge in [0.05, 0.1) is 0 Å². The van der Waals surface area contributed by atoms with Crippen LogP contribution in [0.5, 0.6) is 0 Å². The van der Waals surface area contributed by atoms with Gasteiger partial charge in [-0.25, -0.2) is 0 Å². The van der Waals surface area contributed by atoms with Gasteiger partial charge in [0, 0.05) is 0 Å². The standard InChI is InChI=1S/C16H21P/c1-3-5-14(2)6-4-7-15-8-10-16(11-9-15)12-13-17/h3-6,8-11H,1,7,12-13,17H2,2H3/b6-4-,14-5-. The lowest BCUT2D eigenvalue weighted by molar-refractivity contribution is 1.14. The molecular formula is C16H21P. The molecule has 0 radical (unpaired) electrons. The van der Waals surface area contributed by atoms with Crippen molar-refractivity contribution in [3.05, 3.63) is 71.8 Å². The minimum atomic E-state index is 0.990. The van der Waals surface area contributed by atoms with Crippen molar-refractivity contribution in [3.8, 4) is 0 Å². The van der Waals surface area contributed by atoms with Crippen LogP contribution in [0.2, 0.25) is 0 Å². The largest absolute Gasteiger partial charge is 0.137 e. The van der Waals surface area contributed by atoms with Crippen molar-refractivity contribution in [1.29, 1.82) is 0 Å². The van der Waals surface area contributed by atoms with Crippen molar-refractivity contribution in [1.82, 2.24) is 0 Å². The molecule has 0 aliphatic carbocycles. The lowest BCUT2D eigenvalue weighted by atomic mass is 10.1. The Morgan fingerprint density at radius 3 is 2.47 bits per heavy atom. The lowest BCUT2D eigenvalue weighted by Crippen LogP contribution is -1.87. The van der Waals surface area contributed by atoms with Crippen molar-refractivity contribution in [2.45, 2.75) is 19.8 Å². The first-order valence-corrected chi connectivity index (χ1v) is 6.81. The number of aryl methyl sites for hydroxylation is 1. The fourth-order valence-electron chi connectivity index (χ4n) is 1.63. The Labute approximate surface area is 107 Å². The third-order valence-electron chi connectivity index (χ3n) is 2.57. The number of benzene rings is 1. The van der Waals surface area contributed by atoms with Crippen molar-refractivity contribution in [2.75, 3.05) is 6.16 Å². The molecule has 17 heavy (non-hydrogen) atoms. The van der Waals surface area contributed by atoms with Crippen molar-refractivity contribution >= 4 is 9.24 Å². The Hall–Kier alpha value is -1.13. The molecule has 0 nitrogen and oxygen atoms in total. The fraction of sp³-hybridized carbons (Fsp3) is 0.250. The number of allylic oxidation sites excluding steroid dienone is 5. The van der Waals surface area contributed by atoms with Crippen LogP contribution < -0.4 is 0 Å². The number of hydrogen-bond donors (Lipinski definition) is 0. The Bertz CT molecular complexity index is 396. The summed E-state index contributed by atoms with van der Waals surface area (Å²) in [7, 11) is 2.76. The summed E-state index contributed by atoms with van der Waals surface area (Å²) in [6.07, 6.45) is 11.4. The summed E-state index contributed by atoms with van der Waals surface area (Å²) in [5.41, 5.74) is 4.01. The molecule has 1 rings (SSSR count). The zero-order valence-corrected chi connectivity index (χ0v) is 11.7. The maximum atomic E-state index is 3.68. The Morgan fingerprint density at radius 2 is 1.88 bits per heavy atom. The summed E-state index contributed by atoms with van der Waals surface area (Å²) >= 11 is 0. The Kier molecular flexibility index (Phi) is 6.58. The van der Waals surface area contributed by atoms with E-state index in [9.17, 15) is 0 Å². The lowest BCUT2D eigenvalue weighted by Gasteiger charge is -2.00. The van der Waals surface area contributed by atoms with E-state index in [2.05, 4.69) is 59.2 Å². The Balaban J connectivity index is 2.52. The van der Waals surface area contributed by atoms with Crippen molar-refractivity contribution in [2.24, 2.45) is 0 Å². The minimum Gasteiger partial charge on any atom is -0.137 e. The van der Waals surface area contributed by atoms with E-state index < -0.39 is 0 Å². The van der Waals surface area contributed by atoms with E-state index in [1.54, 1.807) is 0 Å². The van der Waals surface area contributed by atoms with Crippen LogP contribution >= 0.6 is 9.24 Å². The van der Waals surface area contributed by atoms with E-state index in [0.717, 1.165) is 19.0 Å². The Morgan fingerprint density at radius 1 is 1.24 bits per heavy atom. The molecule has 0 saturated heterocycles. The van der Waals surface area contributed by atoms with Crippen LogP contribution in [-0.2, 0) is 12.8 Å². The van der Waals surface area contributed by atoms with Crippen LogP contribution in [-0.4, -0.2) is 6.16 Å². The summed E-state index contributed by atoms with van der Waals surface area (Å²) in [5, 5.41) is 0. The molecule has 0 fully saturated rings. The van der Waals surface area contributed by atoms with Crippen LogP contribution in [0.4, 0.5) is 0 Å². The van der Waals surface area contributed by atoms with Crippen LogP contribution in [0.3, 0.4) is 0 Å². The van der Waals surface area contributed by atoms with Gasteiger partial charge in [-0.05, 0) is 37.1 Å². The maximum Gasteiger partial charge on any atom is -0.00942 e. The molecule has 0 heterocycles. The molecule has 90 valence electrons. The molecule has 1 heteroatoms. The molecular weight excluding hydrogens is 223 g/mol. The highest BCUT2D eigenvalue weighted by Crippen LogP contribution is 2.08. The molecule has 0 spiro atoms. The van der Waals surface area contributed by atoms with Gasteiger partial charge in [0.25, 0.3) is 0 Å². The first-order valence-electron chi connectivity index (χ1n) is 6.00. The summed E-state index contributed by atoms with van der Waals surface area (Å²) in [4.78, 5) is 0. The molecule has 0 aliphatic rings. The predicted octanol–water partition coefficient (Wildman–Crippen LogP) is 4.34. The topological polar surface area (TPSA) is 0 Å². The average molecular weight is 244 g/mol. The van der Waals surface area contributed by atoms with Gasteiger partial charge in [-0.1, -0.05) is 60.7 Å². The molecule has 1 aromatic rings. The second kappa shape index (κ2) is 8.03. The van der Waals surface area contributed by atoms with Gasteiger partial charge in [0.2, 0.25) is 0 Å². The SMILES string of the molecule is C=C/C=C(C)\C=C/Cc1ccc(CCP)cc1. The van der Waals surface area contributed by atoms with Gasteiger partial charge in [-0.15, -0.1) is 9.24 Å². The zero-order valence-electron chi connectivity index (χ0n) is 10.5. The van der Waals surface area contributed by atoms with Crippen LogP contribution in [0.15, 0.2) is 60.7 Å². The molecule has 1 aromatic carbocycles. The molecule has 0 aromatic heterocycles. The van der Waals surface area contributed by atoms with E-state index in [0.29, 0.717) is 0 Å². The molecule has 0 amide bonds.